The zero-order valence-corrected chi connectivity index (χ0v) is 8.24. The lowest BCUT2D eigenvalue weighted by atomic mass is 9.81. The van der Waals surface area contributed by atoms with Gasteiger partial charge in [-0.1, -0.05) is 26.0 Å². The minimum absolute atomic E-state index is 0.0417. The third-order valence-electron chi connectivity index (χ3n) is 2.61. The van der Waals surface area contributed by atoms with Gasteiger partial charge in [0.1, 0.15) is 5.67 Å². The molecule has 0 rings (SSSR count). The van der Waals surface area contributed by atoms with E-state index < -0.39 is 5.67 Å². The van der Waals surface area contributed by atoms with Crippen LogP contribution in [0.2, 0.25) is 0 Å². The summed E-state index contributed by atoms with van der Waals surface area (Å²) in [7, 11) is 0. The van der Waals surface area contributed by atoms with E-state index in [2.05, 4.69) is 6.58 Å². The summed E-state index contributed by atoms with van der Waals surface area (Å²) in [6.07, 6.45) is 0. The average molecular weight is 158 g/mol. The van der Waals surface area contributed by atoms with Gasteiger partial charge >= 0.3 is 0 Å². The summed E-state index contributed by atoms with van der Waals surface area (Å²) in [4.78, 5) is 0. The molecule has 0 aromatic heterocycles. The number of allylic oxidation sites excluding steroid dienone is 1. The molecule has 0 heterocycles. The first-order chi connectivity index (χ1) is 4.76. The minimum Gasteiger partial charge on any atom is -0.244 e. The molecular formula is C10H19F. The summed E-state index contributed by atoms with van der Waals surface area (Å²) in [5.41, 5.74) is -0.0403. The molecule has 0 saturated carbocycles. The SMILES string of the molecule is C=C(C)C(C)C(C)C(C)(C)F. The molecule has 0 aliphatic rings. The quantitative estimate of drug-likeness (QED) is 0.551. The summed E-state index contributed by atoms with van der Waals surface area (Å²) in [5.74, 6) is 0.301. The molecular weight excluding hydrogens is 139 g/mol. The number of rotatable bonds is 3. The first-order valence-electron chi connectivity index (χ1n) is 4.11. The largest absolute Gasteiger partial charge is 0.244 e. The lowest BCUT2D eigenvalue weighted by molar-refractivity contribution is 0.109. The van der Waals surface area contributed by atoms with Crippen molar-refractivity contribution in [3.63, 3.8) is 0 Å². The fourth-order valence-corrected chi connectivity index (χ4v) is 1.02. The number of alkyl halides is 1. The van der Waals surface area contributed by atoms with Gasteiger partial charge in [-0.25, -0.2) is 4.39 Å². The van der Waals surface area contributed by atoms with Crippen LogP contribution in [0.15, 0.2) is 12.2 Å². The van der Waals surface area contributed by atoms with Crippen LogP contribution in [-0.2, 0) is 0 Å². The Morgan fingerprint density at radius 3 is 1.82 bits per heavy atom. The van der Waals surface area contributed by atoms with Crippen molar-refractivity contribution in [2.45, 2.75) is 40.3 Å². The zero-order chi connectivity index (χ0) is 9.23. The van der Waals surface area contributed by atoms with Gasteiger partial charge in [0.05, 0.1) is 0 Å². The van der Waals surface area contributed by atoms with Gasteiger partial charge < -0.3 is 0 Å². The zero-order valence-electron chi connectivity index (χ0n) is 8.24. The van der Waals surface area contributed by atoms with Crippen molar-refractivity contribution < 1.29 is 4.39 Å². The van der Waals surface area contributed by atoms with Gasteiger partial charge in [-0.05, 0) is 32.6 Å². The maximum atomic E-state index is 13.4. The van der Waals surface area contributed by atoms with E-state index in [-0.39, 0.29) is 11.8 Å². The molecule has 0 fully saturated rings. The Hall–Kier alpha value is -0.330. The van der Waals surface area contributed by atoms with Crippen molar-refractivity contribution >= 4 is 0 Å². The molecule has 0 saturated heterocycles. The summed E-state index contributed by atoms with van der Waals surface area (Å²) in [6.45, 7) is 13.0. The summed E-state index contributed by atoms with van der Waals surface area (Å²) >= 11 is 0. The molecule has 0 radical (unpaired) electrons. The van der Waals surface area contributed by atoms with Crippen molar-refractivity contribution in [3.8, 4) is 0 Å². The molecule has 0 N–H and O–H groups in total. The highest BCUT2D eigenvalue weighted by molar-refractivity contribution is 4.99. The van der Waals surface area contributed by atoms with Gasteiger partial charge in [-0.3, -0.25) is 0 Å². The van der Waals surface area contributed by atoms with Crippen molar-refractivity contribution in [1.29, 1.82) is 0 Å². The molecule has 66 valence electrons. The van der Waals surface area contributed by atoms with Crippen LogP contribution >= 0.6 is 0 Å². The molecule has 0 aliphatic heterocycles. The Balaban J connectivity index is 4.25. The van der Waals surface area contributed by atoms with E-state index in [1.165, 1.54) is 0 Å². The van der Waals surface area contributed by atoms with E-state index >= 15 is 0 Å². The molecule has 0 aromatic rings. The van der Waals surface area contributed by atoms with E-state index in [1.54, 1.807) is 13.8 Å². The van der Waals surface area contributed by atoms with Crippen molar-refractivity contribution in [2.24, 2.45) is 11.8 Å². The van der Waals surface area contributed by atoms with E-state index in [0.717, 1.165) is 5.57 Å². The molecule has 0 aromatic carbocycles. The van der Waals surface area contributed by atoms with Gasteiger partial charge in [0.2, 0.25) is 0 Å². The monoisotopic (exact) mass is 158 g/mol. The molecule has 11 heavy (non-hydrogen) atoms. The molecule has 0 amide bonds. The predicted octanol–water partition coefficient (Wildman–Crippen LogP) is 3.58. The lowest BCUT2D eigenvalue weighted by Gasteiger charge is -2.29. The lowest BCUT2D eigenvalue weighted by Crippen LogP contribution is -2.29. The van der Waals surface area contributed by atoms with Crippen LogP contribution in [0.1, 0.15) is 34.6 Å². The Labute approximate surface area is 69.5 Å². The second kappa shape index (κ2) is 3.38. The Bertz CT molecular complexity index is 141. The first-order valence-corrected chi connectivity index (χ1v) is 4.11. The van der Waals surface area contributed by atoms with E-state index in [9.17, 15) is 4.39 Å². The van der Waals surface area contributed by atoms with Gasteiger partial charge in [0.25, 0.3) is 0 Å². The molecule has 0 spiro atoms. The molecule has 0 bridgehead atoms. The van der Waals surface area contributed by atoms with Gasteiger partial charge in [-0.2, -0.15) is 0 Å². The van der Waals surface area contributed by atoms with Crippen molar-refractivity contribution in [3.05, 3.63) is 12.2 Å². The Morgan fingerprint density at radius 1 is 1.36 bits per heavy atom. The van der Waals surface area contributed by atoms with Gasteiger partial charge in [0.15, 0.2) is 0 Å². The number of hydrogen-bond acceptors (Lipinski definition) is 0. The molecule has 2 unspecified atom stereocenters. The fourth-order valence-electron chi connectivity index (χ4n) is 1.02. The maximum absolute atomic E-state index is 13.4. The Kier molecular flexibility index (Phi) is 3.28. The summed E-state index contributed by atoms with van der Waals surface area (Å²) in [6, 6.07) is 0. The predicted molar refractivity (Wildman–Crippen MR) is 48.3 cm³/mol. The van der Waals surface area contributed by atoms with Crippen LogP contribution in [-0.4, -0.2) is 5.67 Å². The second-order valence-corrected chi connectivity index (χ2v) is 3.99. The van der Waals surface area contributed by atoms with E-state index in [4.69, 9.17) is 0 Å². The molecule has 0 aliphatic carbocycles. The Morgan fingerprint density at radius 2 is 1.73 bits per heavy atom. The highest BCUT2D eigenvalue weighted by Crippen LogP contribution is 2.30. The molecule has 0 nitrogen and oxygen atoms in total. The van der Waals surface area contributed by atoms with E-state index in [0.29, 0.717) is 0 Å². The van der Waals surface area contributed by atoms with Crippen LogP contribution in [0.25, 0.3) is 0 Å². The highest BCUT2D eigenvalue weighted by atomic mass is 19.1. The van der Waals surface area contributed by atoms with Crippen molar-refractivity contribution in [1.82, 2.24) is 0 Å². The summed E-state index contributed by atoms with van der Waals surface area (Å²) in [5, 5.41) is 0. The fraction of sp³-hybridized carbons (Fsp3) is 0.800. The third-order valence-corrected chi connectivity index (χ3v) is 2.61. The highest BCUT2D eigenvalue weighted by Gasteiger charge is 2.29. The molecule has 2 atom stereocenters. The smallest absolute Gasteiger partial charge is 0.108 e. The van der Waals surface area contributed by atoms with Crippen LogP contribution < -0.4 is 0 Å². The number of halogens is 1. The van der Waals surface area contributed by atoms with Crippen molar-refractivity contribution in [2.75, 3.05) is 0 Å². The van der Waals surface area contributed by atoms with Gasteiger partial charge in [0, 0.05) is 0 Å². The van der Waals surface area contributed by atoms with Crippen LogP contribution in [0.5, 0.6) is 0 Å². The standard InChI is InChI=1S/C10H19F/c1-7(2)8(3)9(4)10(5,6)11/h8-9H,1H2,2-6H3. The average Bonchev–Trinajstić information content (AvgIpc) is 1.82. The number of hydrogen-bond donors (Lipinski definition) is 0. The second-order valence-electron chi connectivity index (χ2n) is 3.99. The minimum atomic E-state index is -1.10. The topological polar surface area (TPSA) is 0 Å². The van der Waals surface area contributed by atoms with Gasteiger partial charge in [-0.15, -0.1) is 0 Å². The van der Waals surface area contributed by atoms with E-state index in [1.807, 2.05) is 20.8 Å². The first kappa shape index (κ1) is 10.7. The molecule has 1 heteroatoms. The van der Waals surface area contributed by atoms with Crippen LogP contribution in [0.4, 0.5) is 4.39 Å². The maximum Gasteiger partial charge on any atom is 0.108 e. The summed E-state index contributed by atoms with van der Waals surface area (Å²) < 4.78 is 13.4. The van der Waals surface area contributed by atoms with Crippen LogP contribution in [0, 0.1) is 11.8 Å². The van der Waals surface area contributed by atoms with Crippen LogP contribution in [0.3, 0.4) is 0 Å². The third kappa shape index (κ3) is 3.04. The normalized spacial score (nSPS) is 17.6.